The molecule has 0 radical (unpaired) electrons. The van der Waals surface area contributed by atoms with Gasteiger partial charge in [-0.05, 0) is 18.2 Å². The van der Waals surface area contributed by atoms with E-state index in [4.69, 9.17) is 15.6 Å². The number of aliphatic carboxylic acids is 1. The summed E-state index contributed by atoms with van der Waals surface area (Å²) in [6.07, 6.45) is -3.49. The minimum atomic E-state index is -5.08. The van der Waals surface area contributed by atoms with Gasteiger partial charge in [0.1, 0.15) is 12.1 Å². The van der Waals surface area contributed by atoms with E-state index >= 15 is 0 Å². The number of benzene rings is 1. The van der Waals surface area contributed by atoms with E-state index in [2.05, 4.69) is 25.2 Å². The lowest BCUT2D eigenvalue weighted by Gasteiger charge is -2.27. The second-order valence-corrected chi connectivity index (χ2v) is 6.22. The van der Waals surface area contributed by atoms with Crippen molar-refractivity contribution in [1.29, 1.82) is 0 Å². The van der Waals surface area contributed by atoms with Crippen LogP contribution < -0.4 is 16.0 Å². The Hall–Kier alpha value is -3.48. The zero-order chi connectivity index (χ0) is 21.9. The van der Waals surface area contributed by atoms with Gasteiger partial charge in [0.2, 0.25) is 5.95 Å². The number of hydrogen-bond acceptors (Lipinski definition) is 7. The van der Waals surface area contributed by atoms with Crippen molar-refractivity contribution in [2.45, 2.75) is 6.18 Å². The Labute approximate surface area is 167 Å². The molecule has 1 aliphatic heterocycles. The molecule has 0 unspecified atom stereocenters. The van der Waals surface area contributed by atoms with E-state index in [1.54, 1.807) is 23.0 Å². The fourth-order valence-electron chi connectivity index (χ4n) is 2.73. The lowest BCUT2D eigenvalue weighted by atomic mass is 10.3. The topological polar surface area (TPSA) is 122 Å². The van der Waals surface area contributed by atoms with Crippen LogP contribution >= 0.6 is 0 Å². The van der Waals surface area contributed by atoms with Crippen molar-refractivity contribution in [2.24, 2.45) is 0 Å². The third kappa shape index (κ3) is 4.74. The second-order valence-electron chi connectivity index (χ2n) is 6.22. The van der Waals surface area contributed by atoms with E-state index in [9.17, 15) is 17.6 Å². The molecular weight excluding hydrogens is 410 g/mol. The smallest absolute Gasteiger partial charge is 0.475 e. The predicted molar refractivity (Wildman–Crippen MR) is 99.8 cm³/mol. The number of nitrogens with zero attached hydrogens (tertiary/aromatic N) is 5. The molecule has 160 valence electrons. The number of halogens is 4. The van der Waals surface area contributed by atoms with Gasteiger partial charge < -0.3 is 21.1 Å². The van der Waals surface area contributed by atoms with Crippen LogP contribution in [0.25, 0.3) is 16.9 Å². The molecule has 4 N–H and O–H groups in total. The van der Waals surface area contributed by atoms with Gasteiger partial charge in [-0.3, -0.25) is 4.57 Å². The zero-order valence-corrected chi connectivity index (χ0v) is 15.4. The first-order valence-electron chi connectivity index (χ1n) is 8.69. The molecule has 13 heteroatoms. The summed E-state index contributed by atoms with van der Waals surface area (Å²) in [6.45, 7) is 3.40. The van der Waals surface area contributed by atoms with E-state index < -0.39 is 12.1 Å². The minimum Gasteiger partial charge on any atom is -0.475 e. The maximum atomic E-state index is 13.5. The number of aromatic nitrogens is 4. The number of carbonyl (C=O) groups is 1. The lowest BCUT2D eigenvalue weighted by Crippen LogP contribution is -2.44. The first-order valence-corrected chi connectivity index (χ1v) is 8.69. The van der Waals surface area contributed by atoms with E-state index in [0.717, 1.165) is 26.2 Å². The third-order valence-electron chi connectivity index (χ3n) is 4.14. The molecular formula is C17H17F4N7O2. The van der Waals surface area contributed by atoms with Crippen LogP contribution in [0.3, 0.4) is 0 Å². The summed E-state index contributed by atoms with van der Waals surface area (Å²) < 4.78 is 47.0. The first-order chi connectivity index (χ1) is 14.2. The van der Waals surface area contributed by atoms with Crippen molar-refractivity contribution in [3.05, 3.63) is 36.4 Å². The third-order valence-corrected chi connectivity index (χ3v) is 4.14. The molecule has 0 amide bonds. The quantitative estimate of drug-likeness (QED) is 0.527. The highest BCUT2D eigenvalue weighted by atomic mass is 19.4. The number of carboxylic acid groups (broad SMARTS) is 1. The molecule has 0 atom stereocenters. The Kier molecular flexibility index (Phi) is 6.01. The molecule has 4 rings (SSSR count). The molecule has 1 aromatic carbocycles. The summed E-state index contributed by atoms with van der Waals surface area (Å²) in [5, 5.41) is 10.4. The van der Waals surface area contributed by atoms with Crippen molar-refractivity contribution >= 4 is 28.9 Å². The summed E-state index contributed by atoms with van der Waals surface area (Å²) in [4.78, 5) is 24.2. The average molecular weight is 427 g/mol. The number of rotatable bonds is 2. The van der Waals surface area contributed by atoms with E-state index in [1.807, 2.05) is 0 Å². The van der Waals surface area contributed by atoms with Gasteiger partial charge in [-0.15, -0.1) is 0 Å². The Morgan fingerprint density at radius 2 is 1.87 bits per heavy atom. The molecule has 0 bridgehead atoms. The van der Waals surface area contributed by atoms with E-state index in [-0.39, 0.29) is 5.82 Å². The molecule has 3 aromatic rings. The molecule has 3 heterocycles. The van der Waals surface area contributed by atoms with Crippen LogP contribution in [0.5, 0.6) is 0 Å². The summed E-state index contributed by atoms with van der Waals surface area (Å²) >= 11 is 0. The number of alkyl halides is 3. The summed E-state index contributed by atoms with van der Waals surface area (Å²) in [7, 11) is 0. The number of hydrogen-bond donors (Lipinski definition) is 3. The zero-order valence-electron chi connectivity index (χ0n) is 15.4. The number of nitrogen functional groups attached to an aromatic ring is 1. The minimum absolute atomic E-state index is 0.311. The molecule has 0 aliphatic carbocycles. The average Bonchev–Trinajstić information content (AvgIpc) is 3.13. The fourth-order valence-corrected chi connectivity index (χ4v) is 2.73. The molecule has 1 saturated heterocycles. The standard InChI is InChI=1S/C15H16FN7.C2HF3O2/c16-10-2-1-3-11(8-10)23-9-19-12-13(17)20-15(21-14(12)23)22-6-4-18-5-7-22;3-2(4,5)1(6)7/h1-3,8-9,18H,4-7H2,(H2,17,20,21);(H,6,7). The van der Waals surface area contributed by atoms with Gasteiger partial charge in [-0.25, -0.2) is 14.2 Å². The molecule has 0 spiro atoms. The number of nitrogens with one attached hydrogen (secondary N) is 1. The lowest BCUT2D eigenvalue weighted by molar-refractivity contribution is -0.192. The van der Waals surface area contributed by atoms with Crippen molar-refractivity contribution in [2.75, 3.05) is 36.8 Å². The fraction of sp³-hybridized carbons (Fsp3) is 0.294. The van der Waals surface area contributed by atoms with Gasteiger partial charge in [0.05, 0.1) is 5.69 Å². The van der Waals surface area contributed by atoms with Gasteiger partial charge >= 0.3 is 12.1 Å². The number of anilines is 2. The van der Waals surface area contributed by atoms with Crippen LogP contribution in [0, 0.1) is 5.82 Å². The van der Waals surface area contributed by atoms with E-state index in [0.29, 0.717) is 28.6 Å². The number of fused-ring (bicyclic) bond motifs is 1. The van der Waals surface area contributed by atoms with Gasteiger partial charge in [-0.1, -0.05) is 6.07 Å². The van der Waals surface area contributed by atoms with Crippen LogP contribution in [-0.4, -0.2) is 63.0 Å². The molecule has 1 aliphatic rings. The van der Waals surface area contributed by atoms with Crippen molar-refractivity contribution in [3.63, 3.8) is 0 Å². The number of nitrogens with two attached hydrogens (primary N) is 1. The van der Waals surface area contributed by atoms with Gasteiger partial charge in [-0.2, -0.15) is 23.1 Å². The van der Waals surface area contributed by atoms with Crippen LogP contribution in [0.2, 0.25) is 0 Å². The Balaban J connectivity index is 0.000000318. The maximum Gasteiger partial charge on any atom is 0.490 e. The van der Waals surface area contributed by atoms with Crippen LogP contribution in [-0.2, 0) is 4.79 Å². The largest absolute Gasteiger partial charge is 0.490 e. The monoisotopic (exact) mass is 427 g/mol. The Morgan fingerprint density at radius 1 is 1.20 bits per heavy atom. The van der Waals surface area contributed by atoms with Crippen LogP contribution in [0.1, 0.15) is 0 Å². The van der Waals surface area contributed by atoms with Crippen molar-refractivity contribution in [1.82, 2.24) is 24.8 Å². The summed E-state index contributed by atoms with van der Waals surface area (Å²) in [5.41, 5.74) is 7.79. The highest BCUT2D eigenvalue weighted by Gasteiger charge is 2.38. The Morgan fingerprint density at radius 3 is 2.47 bits per heavy atom. The first kappa shape index (κ1) is 21.2. The number of imidazole rings is 1. The Bertz CT molecular complexity index is 1050. The molecule has 0 saturated carbocycles. The number of piperazine rings is 1. The number of carboxylic acids is 1. The predicted octanol–water partition coefficient (Wildman–Crippen LogP) is 1.58. The second kappa shape index (κ2) is 8.49. The van der Waals surface area contributed by atoms with Crippen LogP contribution in [0.15, 0.2) is 30.6 Å². The summed E-state index contributed by atoms with van der Waals surface area (Å²) in [6, 6.07) is 6.29. The molecule has 9 nitrogen and oxygen atoms in total. The maximum absolute atomic E-state index is 13.5. The van der Waals surface area contributed by atoms with Gasteiger partial charge in [0.25, 0.3) is 0 Å². The van der Waals surface area contributed by atoms with Crippen LogP contribution in [0.4, 0.5) is 29.3 Å². The van der Waals surface area contributed by atoms with Crippen molar-refractivity contribution in [3.8, 4) is 5.69 Å². The summed E-state index contributed by atoms with van der Waals surface area (Å²) in [5.74, 6) is -2.16. The molecule has 2 aromatic heterocycles. The molecule has 30 heavy (non-hydrogen) atoms. The SMILES string of the molecule is Nc1nc(N2CCNCC2)nc2c1ncn2-c1cccc(F)c1.O=C(O)C(F)(F)F. The normalized spacial score (nSPS) is 14.3. The molecule has 1 fully saturated rings. The highest BCUT2D eigenvalue weighted by Crippen LogP contribution is 2.23. The van der Waals surface area contributed by atoms with Gasteiger partial charge in [0, 0.05) is 26.2 Å². The van der Waals surface area contributed by atoms with Crippen molar-refractivity contribution < 1.29 is 27.5 Å². The highest BCUT2D eigenvalue weighted by molar-refractivity contribution is 5.84. The van der Waals surface area contributed by atoms with E-state index in [1.165, 1.54) is 12.1 Å². The van der Waals surface area contributed by atoms with Gasteiger partial charge in [0.15, 0.2) is 17.0 Å².